The first kappa shape index (κ1) is 17.1. The van der Waals surface area contributed by atoms with Crippen molar-refractivity contribution in [3.63, 3.8) is 0 Å². The summed E-state index contributed by atoms with van der Waals surface area (Å²) in [5.74, 6) is 0.654. The molecule has 0 bridgehead atoms. The van der Waals surface area contributed by atoms with Gasteiger partial charge in [0.05, 0.1) is 0 Å². The Morgan fingerprint density at radius 2 is 1.67 bits per heavy atom. The molecule has 0 unspecified atom stereocenters. The summed E-state index contributed by atoms with van der Waals surface area (Å²) in [6, 6.07) is 0. The van der Waals surface area contributed by atoms with Crippen molar-refractivity contribution in [3.8, 4) is 0 Å². The van der Waals surface area contributed by atoms with Crippen molar-refractivity contribution in [1.29, 1.82) is 0 Å². The molecule has 0 atom stereocenters. The minimum Gasteiger partial charge on any atom is -0.377 e. The zero-order valence-electron chi connectivity index (χ0n) is 8.77. The number of aliphatic imine (C=N–C) groups is 1. The summed E-state index contributed by atoms with van der Waals surface area (Å²) >= 11 is 4.09. The van der Waals surface area contributed by atoms with Gasteiger partial charge in [0.1, 0.15) is 0 Å². The van der Waals surface area contributed by atoms with Crippen molar-refractivity contribution in [2.24, 2.45) is 22.2 Å². The number of piperazine rings is 1. The molecule has 1 rings (SSSR count). The quantitative estimate of drug-likeness (QED) is 0.187. The lowest BCUT2D eigenvalue weighted by Crippen LogP contribution is -2.49. The van der Waals surface area contributed by atoms with Crippen LogP contribution in [0.4, 0.5) is 0 Å². The number of guanidine groups is 1. The number of thiocarbonyl (C=S) groups is 1. The Bertz CT molecular complexity index is 200. The largest absolute Gasteiger partial charge is 0.377 e. The monoisotopic (exact) mass is 346 g/mol. The molecule has 0 aromatic heterocycles. The van der Waals surface area contributed by atoms with Gasteiger partial charge in [-0.2, -0.15) is 0 Å². The van der Waals surface area contributed by atoms with Gasteiger partial charge in [0.25, 0.3) is 0 Å². The fraction of sp³-hybridized carbons (Fsp3) is 0.714. The summed E-state index contributed by atoms with van der Waals surface area (Å²) in [5.41, 5.74) is 14.8. The predicted molar refractivity (Wildman–Crippen MR) is 78.4 cm³/mol. The molecule has 15 heavy (non-hydrogen) atoms. The van der Waals surface area contributed by atoms with Crippen molar-refractivity contribution in [2.45, 2.75) is 0 Å². The number of nitrogens with one attached hydrogen (secondary N) is 1. The second kappa shape index (κ2) is 10.2. The minimum absolute atomic E-state index is 0. The lowest BCUT2D eigenvalue weighted by atomic mass is 10.4. The van der Waals surface area contributed by atoms with Crippen LogP contribution in [0, 0.1) is 0 Å². The molecule has 1 heterocycles. The summed E-state index contributed by atoms with van der Waals surface area (Å²) in [5, 5.41) is 3.24. The third-order valence-electron chi connectivity index (χ3n) is 1.67. The van der Waals surface area contributed by atoms with E-state index in [9.17, 15) is 0 Å². The summed E-state index contributed by atoms with van der Waals surface area (Å²) in [6.07, 6.45) is 0. The first-order chi connectivity index (χ1) is 6.57. The fourth-order valence-electron chi connectivity index (χ4n) is 1.04. The number of halogens is 1. The standard InChI is InChI=1S/C6H14N4.CH4N2S.HI/c1-8-6(7)10-4-2-9-3-5-10;2-1(3)4;/h9H,2-5H2,1H3,(H2,7,8);(H4,2,3,4);1H. The fourth-order valence-corrected chi connectivity index (χ4v) is 1.04. The van der Waals surface area contributed by atoms with E-state index in [1.54, 1.807) is 7.05 Å². The van der Waals surface area contributed by atoms with E-state index in [0.717, 1.165) is 26.2 Å². The third kappa shape index (κ3) is 9.94. The van der Waals surface area contributed by atoms with Crippen molar-refractivity contribution in [1.82, 2.24) is 10.2 Å². The second-order valence-electron chi connectivity index (χ2n) is 2.72. The van der Waals surface area contributed by atoms with Crippen LogP contribution in [0.2, 0.25) is 0 Å². The number of nitrogens with zero attached hydrogens (tertiary/aromatic N) is 2. The molecule has 1 aliphatic rings. The van der Waals surface area contributed by atoms with Crippen LogP contribution in [0.3, 0.4) is 0 Å². The van der Waals surface area contributed by atoms with Crippen LogP contribution < -0.4 is 22.5 Å². The number of rotatable bonds is 0. The van der Waals surface area contributed by atoms with E-state index in [-0.39, 0.29) is 29.1 Å². The van der Waals surface area contributed by atoms with Crippen LogP contribution in [-0.2, 0) is 0 Å². The van der Waals surface area contributed by atoms with Crippen LogP contribution in [0.15, 0.2) is 4.99 Å². The van der Waals surface area contributed by atoms with Crippen LogP contribution in [-0.4, -0.2) is 49.2 Å². The highest BCUT2D eigenvalue weighted by molar-refractivity contribution is 14.0. The molecular weight excluding hydrogens is 327 g/mol. The zero-order valence-corrected chi connectivity index (χ0v) is 11.9. The molecule has 0 amide bonds. The molecule has 8 heteroatoms. The highest BCUT2D eigenvalue weighted by Crippen LogP contribution is 1.89. The van der Waals surface area contributed by atoms with Gasteiger partial charge < -0.3 is 27.4 Å². The van der Waals surface area contributed by atoms with Gasteiger partial charge in [-0.3, -0.25) is 4.99 Å². The lowest BCUT2D eigenvalue weighted by molar-refractivity contribution is 0.354. The number of hydrogen-bond acceptors (Lipinski definition) is 3. The molecule has 1 aliphatic heterocycles. The molecule has 1 fully saturated rings. The summed E-state index contributed by atoms with van der Waals surface area (Å²) in [7, 11) is 1.72. The van der Waals surface area contributed by atoms with Crippen molar-refractivity contribution in [3.05, 3.63) is 0 Å². The first-order valence-electron chi connectivity index (χ1n) is 4.30. The van der Waals surface area contributed by atoms with Gasteiger partial charge in [0.15, 0.2) is 11.1 Å². The Labute approximate surface area is 113 Å². The summed E-state index contributed by atoms with van der Waals surface area (Å²) in [6.45, 7) is 3.97. The van der Waals surface area contributed by atoms with E-state index < -0.39 is 0 Å². The Morgan fingerprint density at radius 1 is 1.27 bits per heavy atom. The molecule has 0 aromatic rings. The molecule has 0 aliphatic carbocycles. The zero-order chi connectivity index (χ0) is 11.0. The third-order valence-corrected chi connectivity index (χ3v) is 1.67. The number of hydrogen-bond donors (Lipinski definition) is 4. The first-order valence-corrected chi connectivity index (χ1v) is 4.71. The van der Waals surface area contributed by atoms with E-state index in [1.807, 2.05) is 0 Å². The molecule has 6 nitrogen and oxygen atoms in total. The molecular formula is C7H19IN6S. The lowest BCUT2D eigenvalue weighted by Gasteiger charge is -2.27. The Morgan fingerprint density at radius 3 is 2.00 bits per heavy atom. The van der Waals surface area contributed by atoms with Crippen LogP contribution in [0.5, 0.6) is 0 Å². The van der Waals surface area contributed by atoms with E-state index in [0.29, 0.717) is 5.96 Å². The SMILES string of the molecule is CN=C(N)N1CCNCC1.I.NC(N)=S. The molecule has 0 aromatic carbocycles. The molecule has 0 spiro atoms. The Balaban J connectivity index is 0. The minimum atomic E-state index is 0. The number of nitrogens with two attached hydrogens (primary N) is 3. The summed E-state index contributed by atoms with van der Waals surface area (Å²) in [4.78, 5) is 5.98. The van der Waals surface area contributed by atoms with Crippen molar-refractivity contribution >= 4 is 47.3 Å². The Hall–Kier alpha value is -0.350. The average molecular weight is 346 g/mol. The van der Waals surface area contributed by atoms with Gasteiger partial charge in [0, 0.05) is 33.2 Å². The van der Waals surface area contributed by atoms with Crippen LogP contribution >= 0.6 is 36.2 Å². The average Bonchev–Trinajstić information content (AvgIpc) is 2.17. The summed E-state index contributed by atoms with van der Waals surface area (Å²) < 4.78 is 0. The van der Waals surface area contributed by atoms with Crippen LogP contribution in [0.25, 0.3) is 0 Å². The van der Waals surface area contributed by atoms with E-state index in [4.69, 9.17) is 5.73 Å². The molecule has 7 N–H and O–H groups in total. The molecule has 0 radical (unpaired) electrons. The van der Waals surface area contributed by atoms with Gasteiger partial charge in [-0.05, 0) is 12.2 Å². The van der Waals surface area contributed by atoms with Crippen LogP contribution in [0.1, 0.15) is 0 Å². The second-order valence-corrected chi connectivity index (χ2v) is 3.19. The maximum absolute atomic E-state index is 5.60. The maximum Gasteiger partial charge on any atom is 0.191 e. The predicted octanol–water partition coefficient (Wildman–Crippen LogP) is -1.36. The maximum atomic E-state index is 5.60. The molecule has 90 valence electrons. The Kier molecular flexibility index (Phi) is 11.6. The topological polar surface area (TPSA) is 106 Å². The normalized spacial score (nSPS) is 15.8. The van der Waals surface area contributed by atoms with Crippen molar-refractivity contribution < 1.29 is 0 Å². The van der Waals surface area contributed by atoms with Gasteiger partial charge in [-0.1, -0.05) is 0 Å². The van der Waals surface area contributed by atoms with E-state index >= 15 is 0 Å². The molecule has 0 saturated carbocycles. The van der Waals surface area contributed by atoms with Gasteiger partial charge in [-0.15, -0.1) is 24.0 Å². The van der Waals surface area contributed by atoms with E-state index in [2.05, 4.69) is 38.9 Å². The molecule has 1 saturated heterocycles. The van der Waals surface area contributed by atoms with E-state index in [1.165, 1.54) is 0 Å². The van der Waals surface area contributed by atoms with Gasteiger partial charge in [-0.25, -0.2) is 0 Å². The van der Waals surface area contributed by atoms with Gasteiger partial charge in [0.2, 0.25) is 0 Å². The highest BCUT2D eigenvalue weighted by Gasteiger charge is 2.09. The van der Waals surface area contributed by atoms with Crippen molar-refractivity contribution in [2.75, 3.05) is 33.2 Å². The van der Waals surface area contributed by atoms with Gasteiger partial charge >= 0.3 is 0 Å². The highest BCUT2D eigenvalue weighted by atomic mass is 127. The smallest absolute Gasteiger partial charge is 0.191 e.